The zero-order valence-corrected chi connectivity index (χ0v) is 16.8. The first kappa shape index (κ1) is 18.8. The van der Waals surface area contributed by atoms with Gasteiger partial charge in [0.1, 0.15) is 5.82 Å². The second-order valence-electron chi connectivity index (χ2n) is 7.15. The molecule has 0 spiro atoms. The lowest BCUT2D eigenvalue weighted by Crippen LogP contribution is -2.31. The van der Waals surface area contributed by atoms with Crippen LogP contribution in [0.2, 0.25) is 0 Å². The lowest BCUT2D eigenvalue weighted by molar-refractivity contribution is 0.0936. The third-order valence-electron chi connectivity index (χ3n) is 5.25. The lowest BCUT2D eigenvalue weighted by Gasteiger charge is -2.26. The van der Waals surface area contributed by atoms with Gasteiger partial charge in [0.25, 0.3) is 5.91 Å². The third kappa shape index (κ3) is 3.55. The van der Waals surface area contributed by atoms with E-state index in [4.69, 9.17) is 4.98 Å². The van der Waals surface area contributed by atoms with Crippen molar-refractivity contribution < 1.29 is 9.18 Å². The minimum Gasteiger partial charge on any atom is -0.345 e. The highest BCUT2D eigenvalue weighted by Gasteiger charge is 2.24. The van der Waals surface area contributed by atoms with Crippen LogP contribution in [0.15, 0.2) is 78.0 Å². The first-order valence-corrected chi connectivity index (χ1v) is 10.7. The molecular weight excluding hydrogens is 397 g/mol. The molecular formula is C24H18FN3OS. The van der Waals surface area contributed by atoms with Gasteiger partial charge in [-0.05, 0) is 54.4 Å². The van der Waals surface area contributed by atoms with Crippen LogP contribution in [0.3, 0.4) is 0 Å². The van der Waals surface area contributed by atoms with Crippen LogP contribution in [0.1, 0.15) is 28.4 Å². The fourth-order valence-corrected chi connectivity index (χ4v) is 4.89. The summed E-state index contributed by atoms with van der Waals surface area (Å²) in [6.07, 6.45) is 4.17. The number of nitrogens with zero attached hydrogens (tertiary/aromatic N) is 2. The summed E-state index contributed by atoms with van der Waals surface area (Å²) in [6, 6.07) is 17.7. The molecule has 1 amide bonds. The summed E-state index contributed by atoms with van der Waals surface area (Å²) in [7, 11) is 0. The van der Waals surface area contributed by atoms with E-state index in [9.17, 15) is 9.18 Å². The second kappa shape index (κ2) is 7.88. The number of benzene rings is 2. The van der Waals surface area contributed by atoms with Gasteiger partial charge in [0.15, 0.2) is 0 Å². The molecule has 148 valence electrons. The van der Waals surface area contributed by atoms with Crippen molar-refractivity contribution in [1.29, 1.82) is 0 Å². The molecule has 1 unspecified atom stereocenters. The molecule has 1 aliphatic heterocycles. The van der Waals surface area contributed by atoms with E-state index in [-0.39, 0.29) is 17.8 Å². The molecule has 1 aliphatic rings. The lowest BCUT2D eigenvalue weighted by atomic mass is 10.0. The van der Waals surface area contributed by atoms with Crippen LogP contribution in [0.25, 0.3) is 22.2 Å². The number of aromatic nitrogens is 2. The Bertz CT molecular complexity index is 1250. The Kier molecular flexibility index (Phi) is 4.93. The predicted octanol–water partition coefficient (Wildman–Crippen LogP) is 5.40. The number of nitrogens with one attached hydrogen (secondary N) is 1. The standard InChI is InChI=1S/C24H18FN3OS/c25-16-5-6-23-19(13-16)21(9-12-30-23)28-24(29)18-14-22(15-7-10-26-11-8-15)27-20-4-2-1-3-17(18)20/h1-8,10-11,13-14,21H,9,12H2,(H,28,29). The number of hydrogen-bond acceptors (Lipinski definition) is 4. The molecule has 30 heavy (non-hydrogen) atoms. The Morgan fingerprint density at radius 2 is 1.90 bits per heavy atom. The van der Waals surface area contributed by atoms with Gasteiger partial charge in [-0.3, -0.25) is 9.78 Å². The van der Waals surface area contributed by atoms with Gasteiger partial charge in [-0.25, -0.2) is 9.37 Å². The molecule has 0 saturated heterocycles. The van der Waals surface area contributed by atoms with E-state index in [1.165, 1.54) is 12.1 Å². The summed E-state index contributed by atoms with van der Waals surface area (Å²) in [5, 5.41) is 3.92. The summed E-state index contributed by atoms with van der Waals surface area (Å²) in [5.41, 5.74) is 3.76. The maximum absolute atomic E-state index is 13.8. The zero-order chi connectivity index (χ0) is 20.5. The van der Waals surface area contributed by atoms with Gasteiger partial charge < -0.3 is 5.32 Å². The monoisotopic (exact) mass is 415 g/mol. The van der Waals surface area contributed by atoms with Crippen molar-refractivity contribution in [2.45, 2.75) is 17.4 Å². The second-order valence-corrected chi connectivity index (χ2v) is 8.29. The molecule has 0 fully saturated rings. The SMILES string of the molecule is O=C(NC1CCSc2ccc(F)cc21)c1cc(-c2ccncc2)nc2ccccc12. The Morgan fingerprint density at radius 1 is 1.07 bits per heavy atom. The molecule has 3 heterocycles. The van der Waals surface area contributed by atoms with Crippen molar-refractivity contribution >= 4 is 28.6 Å². The van der Waals surface area contributed by atoms with Crippen LogP contribution < -0.4 is 5.32 Å². The molecule has 1 N–H and O–H groups in total. The number of halogens is 1. The molecule has 0 bridgehead atoms. The first-order chi connectivity index (χ1) is 14.7. The number of fused-ring (bicyclic) bond motifs is 2. The highest BCUT2D eigenvalue weighted by atomic mass is 32.2. The molecule has 1 atom stereocenters. The van der Waals surface area contributed by atoms with Gasteiger partial charge >= 0.3 is 0 Å². The molecule has 5 rings (SSSR count). The Hall–Kier alpha value is -3.25. The van der Waals surface area contributed by atoms with Crippen LogP contribution in [-0.4, -0.2) is 21.6 Å². The van der Waals surface area contributed by atoms with Crippen molar-refractivity contribution in [3.63, 3.8) is 0 Å². The highest BCUT2D eigenvalue weighted by Crippen LogP contribution is 2.37. The van der Waals surface area contributed by atoms with Gasteiger partial charge in [0, 0.05) is 34.0 Å². The number of carbonyl (C=O) groups is 1. The summed E-state index contributed by atoms with van der Waals surface area (Å²) in [4.78, 5) is 23.2. The van der Waals surface area contributed by atoms with Gasteiger partial charge in [-0.2, -0.15) is 0 Å². The van der Waals surface area contributed by atoms with Crippen molar-refractivity contribution in [2.75, 3.05) is 5.75 Å². The van der Waals surface area contributed by atoms with Gasteiger partial charge in [0.2, 0.25) is 0 Å². The van der Waals surface area contributed by atoms with E-state index in [1.807, 2.05) is 42.5 Å². The zero-order valence-electron chi connectivity index (χ0n) is 16.0. The third-order valence-corrected chi connectivity index (χ3v) is 6.38. The van der Waals surface area contributed by atoms with E-state index in [1.54, 1.807) is 30.2 Å². The quantitative estimate of drug-likeness (QED) is 0.487. The Morgan fingerprint density at radius 3 is 2.77 bits per heavy atom. The van der Waals surface area contributed by atoms with Crippen LogP contribution in [0.5, 0.6) is 0 Å². The minimum atomic E-state index is -0.287. The number of hydrogen-bond donors (Lipinski definition) is 1. The van der Waals surface area contributed by atoms with Crippen LogP contribution in [-0.2, 0) is 0 Å². The average molecular weight is 415 g/mol. The van der Waals surface area contributed by atoms with Gasteiger partial charge in [-0.15, -0.1) is 11.8 Å². The maximum atomic E-state index is 13.8. The number of carbonyl (C=O) groups excluding carboxylic acids is 1. The van der Waals surface area contributed by atoms with Gasteiger partial charge in [0.05, 0.1) is 22.8 Å². The average Bonchev–Trinajstić information content (AvgIpc) is 2.79. The van der Waals surface area contributed by atoms with Crippen molar-refractivity contribution in [2.24, 2.45) is 0 Å². The van der Waals surface area contributed by atoms with Gasteiger partial charge in [-0.1, -0.05) is 18.2 Å². The maximum Gasteiger partial charge on any atom is 0.252 e. The number of rotatable bonds is 3. The number of amides is 1. The Labute approximate surface area is 177 Å². The molecule has 0 saturated carbocycles. The van der Waals surface area contributed by atoms with E-state index >= 15 is 0 Å². The van der Waals surface area contributed by atoms with E-state index in [0.717, 1.165) is 39.1 Å². The molecule has 0 radical (unpaired) electrons. The predicted molar refractivity (Wildman–Crippen MR) is 117 cm³/mol. The molecule has 2 aromatic heterocycles. The van der Waals surface area contributed by atoms with Crippen molar-refractivity contribution in [1.82, 2.24) is 15.3 Å². The van der Waals surface area contributed by atoms with E-state index in [2.05, 4.69) is 10.3 Å². The molecule has 4 aromatic rings. The van der Waals surface area contributed by atoms with Crippen LogP contribution in [0.4, 0.5) is 4.39 Å². The van der Waals surface area contributed by atoms with Crippen LogP contribution in [0, 0.1) is 5.82 Å². The fraction of sp³-hybridized carbons (Fsp3) is 0.125. The summed E-state index contributed by atoms with van der Waals surface area (Å²) < 4.78 is 13.8. The molecule has 4 nitrogen and oxygen atoms in total. The number of pyridine rings is 2. The smallest absolute Gasteiger partial charge is 0.252 e. The summed E-state index contributed by atoms with van der Waals surface area (Å²) in [5.74, 6) is 0.406. The normalized spacial score (nSPS) is 15.6. The van der Waals surface area contributed by atoms with E-state index < -0.39 is 0 Å². The summed E-state index contributed by atoms with van der Waals surface area (Å²) in [6.45, 7) is 0. The number of thioether (sulfide) groups is 1. The molecule has 6 heteroatoms. The minimum absolute atomic E-state index is 0.184. The summed E-state index contributed by atoms with van der Waals surface area (Å²) >= 11 is 1.69. The largest absolute Gasteiger partial charge is 0.345 e. The van der Waals surface area contributed by atoms with Crippen molar-refractivity contribution in [3.8, 4) is 11.3 Å². The topological polar surface area (TPSA) is 54.9 Å². The fourth-order valence-electron chi connectivity index (χ4n) is 3.79. The Balaban J connectivity index is 1.55. The van der Waals surface area contributed by atoms with E-state index in [0.29, 0.717) is 11.3 Å². The molecule has 2 aromatic carbocycles. The molecule has 0 aliphatic carbocycles. The number of para-hydroxylation sites is 1. The highest BCUT2D eigenvalue weighted by molar-refractivity contribution is 7.99. The first-order valence-electron chi connectivity index (χ1n) is 9.72. The van der Waals surface area contributed by atoms with Crippen molar-refractivity contribution in [3.05, 3.63) is 90.0 Å². The van der Waals surface area contributed by atoms with Crippen LogP contribution >= 0.6 is 11.8 Å².